The Morgan fingerprint density at radius 1 is 0.932 bits per heavy atom. The Balaban J connectivity index is 1.61. The predicted octanol–water partition coefficient (Wildman–Crippen LogP) is 6.21. The molecule has 44 heavy (non-hydrogen) atoms. The van der Waals surface area contributed by atoms with E-state index >= 15 is 0 Å². The van der Waals surface area contributed by atoms with Gasteiger partial charge in [0.25, 0.3) is 10.0 Å². The van der Waals surface area contributed by atoms with Crippen LogP contribution in [0.5, 0.6) is 11.6 Å². The van der Waals surface area contributed by atoms with E-state index in [-0.39, 0.29) is 39.7 Å². The van der Waals surface area contributed by atoms with Crippen LogP contribution in [0.2, 0.25) is 0 Å². The van der Waals surface area contributed by atoms with Gasteiger partial charge in [0.2, 0.25) is 11.8 Å². The fourth-order valence-corrected chi connectivity index (χ4v) is 6.07. The summed E-state index contributed by atoms with van der Waals surface area (Å²) in [5.74, 6) is -1.03. The molecule has 0 aliphatic carbocycles. The van der Waals surface area contributed by atoms with Gasteiger partial charge in [-0.2, -0.15) is 18.2 Å². The number of nitrogens with two attached hydrogens (primary N) is 1. The van der Waals surface area contributed by atoms with Crippen molar-refractivity contribution in [3.63, 3.8) is 0 Å². The molecule has 9 nitrogen and oxygen atoms in total. The second-order valence-corrected chi connectivity index (χ2v) is 12.6. The maximum Gasteiger partial charge on any atom is 0.421 e. The first-order chi connectivity index (χ1) is 20.8. The Hall–Kier alpha value is -4.36. The van der Waals surface area contributed by atoms with Crippen LogP contribution < -0.4 is 20.1 Å². The van der Waals surface area contributed by atoms with E-state index in [2.05, 4.69) is 14.7 Å². The van der Waals surface area contributed by atoms with Gasteiger partial charge in [0.05, 0.1) is 16.3 Å². The number of ether oxygens (including phenoxy) is 1. The van der Waals surface area contributed by atoms with E-state index < -0.39 is 27.5 Å². The maximum absolute atomic E-state index is 14.6. The molecule has 1 aliphatic rings. The number of nitrogens with one attached hydrogen (secondary N) is 1. The van der Waals surface area contributed by atoms with Crippen molar-refractivity contribution in [2.24, 2.45) is 0 Å². The highest BCUT2D eigenvalue weighted by Crippen LogP contribution is 2.44. The molecular formula is C31H33F3N6O3S. The number of alkyl halides is 3. The third-order valence-electron chi connectivity index (χ3n) is 7.30. The number of nitrogen functional groups attached to an aromatic ring is 1. The molecule has 0 atom stereocenters. The molecule has 0 saturated carbocycles. The zero-order chi connectivity index (χ0) is 31.6. The highest BCUT2D eigenvalue weighted by atomic mass is 32.2. The van der Waals surface area contributed by atoms with Crippen molar-refractivity contribution in [2.75, 3.05) is 48.6 Å². The topological polar surface area (TPSA) is 114 Å². The van der Waals surface area contributed by atoms with Crippen LogP contribution in [-0.2, 0) is 16.2 Å². The summed E-state index contributed by atoms with van der Waals surface area (Å²) in [4.78, 5) is 12.2. The first-order valence-corrected chi connectivity index (χ1v) is 15.5. The average Bonchev–Trinajstić information content (AvgIpc) is 2.96. The van der Waals surface area contributed by atoms with E-state index in [0.29, 0.717) is 31.7 Å². The van der Waals surface area contributed by atoms with Gasteiger partial charge in [0.15, 0.2) is 0 Å². The summed E-state index contributed by atoms with van der Waals surface area (Å²) in [6, 6.07) is 18.6. The lowest BCUT2D eigenvalue weighted by atomic mass is 9.95. The minimum atomic E-state index is -4.74. The normalized spacial score (nSPS) is 14.6. The first-order valence-electron chi connectivity index (χ1n) is 14.0. The summed E-state index contributed by atoms with van der Waals surface area (Å²) in [7, 11) is -2.29. The fraction of sp³-hybridized carbons (Fsp3) is 0.290. The van der Waals surface area contributed by atoms with E-state index in [0.717, 1.165) is 5.56 Å². The molecule has 2 heterocycles. The summed E-state index contributed by atoms with van der Waals surface area (Å²) in [5.41, 5.74) is 6.91. The lowest BCUT2D eigenvalue weighted by Gasteiger charge is -2.35. The van der Waals surface area contributed by atoms with Crippen molar-refractivity contribution in [2.45, 2.75) is 30.8 Å². The van der Waals surface area contributed by atoms with Gasteiger partial charge in [-0.3, -0.25) is 0 Å². The Morgan fingerprint density at radius 2 is 1.64 bits per heavy atom. The Kier molecular flexibility index (Phi) is 8.71. The van der Waals surface area contributed by atoms with Crippen molar-refractivity contribution in [1.82, 2.24) is 14.9 Å². The van der Waals surface area contributed by atoms with Crippen LogP contribution in [0.3, 0.4) is 0 Å². The Morgan fingerprint density at radius 3 is 2.32 bits per heavy atom. The van der Waals surface area contributed by atoms with Gasteiger partial charge in [-0.1, -0.05) is 50.2 Å². The van der Waals surface area contributed by atoms with Gasteiger partial charge in [-0.15, -0.1) is 0 Å². The summed E-state index contributed by atoms with van der Waals surface area (Å²) in [6.45, 7) is 6.04. The van der Waals surface area contributed by atoms with Crippen molar-refractivity contribution in [1.29, 1.82) is 0 Å². The molecule has 1 saturated heterocycles. The van der Waals surface area contributed by atoms with Crippen LogP contribution >= 0.6 is 0 Å². The van der Waals surface area contributed by atoms with Crippen LogP contribution in [-0.4, -0.2) is 56.5 Å². The van der Waals surface area contributed by atoms with E-state index in [4.69, 9.17) is 10.5 Å². The minimum absolute atomic E-state index is 0.00475. The number of aromatic nitrogens is 2. The first kappa shape index (κ1) is 31.1. The van der Waals surface area contributed by atoms with Gasteiger partial charge in [-0.25, -0.2) is 18.1 Å². The van der Waals surface area contributed by atoms with Gasteiger partial charge in [0, 0.05) is 43.5 Å². The highest BCUT2D eigenvalue weighted by Gasteiger charge is 2.39. The molecule has 0 amide bonds. The van der Waals surface area contributed by atoms with E-state index in [9.17, 15) is 21.6 Å². The number of hydrogen-bond acceptors (Lipinski definition) is 8. The molecule has 13 heteroatoms. The summed E-state index contributed by atoms with van der Waals surface area (Å²) < 4.78 is 78.5. The molecule has 1 aromatic heterocycles. The molecule has 0 spiro atoms. The molecule has 1 aliphatic heterocycles. The zero-order valence-corrected chi connectivity index (χ0v) is 25.3. The number of likely N-dealkylation sites (N-methyl/N-ethyl adjacent to an activating group) is 1. The largest absolute Gasteiger partial charge is 0.438 e. The number of rotatable bonds is 8. The van der Waals surface area contributed by atoms with Crippen LogP contribution in [0.4, 0.5) is 30.5 Å². The lowest BCUT2D eigenvalue weighted by molar-refractivity contribution is -0.138. The molecule has 232 valence electrons. The highest BCUT2D eigenvalue weighted by molar-refractivity contribution is 7.92. The molecule has 4 aromatic rings. The van der Waals surface area contributed by atoms with E-state index in [1.54, 1.807) is 23.1 Å². The Bertz CT molecular complexity index is 1760. The summed E-state index contributed by atoms with van der Waals surface area (Å²) in [5, 5.41) is 0. The van der Waals surface area contributed by atoms with Crippen LogP contribution in [0.25, 0.3) is 11.3 Å². The minimum Gasteiger partial charge on any atom is -0.438 e. The van der Waals surface area contributed by atoms with Crippen molar-refractivity contribution in [3.05, 3.63) is 83.9 Å². The number of piperazine rings is 1. The van der Waals surface area contributed by atoms with E-state index in [1.807, 2.05) is 37.9 Å². The number of anilines is 3. The van der Waals surface area contributed by atoms with Gasteiger partial charge in [0.1, 0.15) is 11.3 Å². The maximum atomic E-state index is 14.6. The fourth-order valence-electron chi connectivity index (χ4n) is 5.07. The number of nitrogens with zero attached hydrogens (tertiary/aromatic N) is 4. The summed E-state index contributed by atoms with van der Waals surface area (Å²) >= 11 is 0. The van der Waals surface area contributed by atoms with Crippen LogP contribution in [0.15, 0.2) is 77.7 Å². The SMILES string of the molecule is CC(C)c1ccccc1-c1cc(Oc2cccc(N3CCN(C)CC3)c2C(F)(F)F)nc(NS(=O)(=O)c2cccc(N)c2)n1. The third-order valence-corrected chi connectivity index (χ3v) is 8.63. The Labute approximate surface area is 254 Å². The molecule has 0 radical (unpaired) electrons. The number of hydrogen-bond donors (Lipinski definition) is 2. The van der Waals surface area contributed by atoms with Crippen molar-refractivity contribution < 1.29 is 26.3 Å². The molecule has 0 unspecified atom stereocenters. The monoisotopic (exact) mass is 626 g/mol. The number of halogens is 3. The van der Waals surface area contributed by atoms with Crippen LogP contribution in [0.1, 0.15) is 30.9 Å². The second-order valence-electron chi connectivity index (χ2n) is 10.9. The molecule has 3 aromatic carbocycles. The smallest absolute Gasteiger partial charge is 0.421 e. The number of sulfonamides is 1. The molecular weight excluding hydrogens is 593 g/mol. The van der Waals surface area contributed by atoms with Crippen molar-refractivity contribution >= 4 is 27.3 Å². The number of benzene rings is 3. The van der Waals surface area contributed by atoms with Crippen LogP contribution in [0, 0.1) is 0 Å². The lowest BCUT2D eigenvalue weighted by Crippen LogP contribution is -2.45. The van der Waals surface area contributed by atoms with Crippen molar-refractivity contribution in [3.8, 4) is 22.9 Å². The third kappa shape index (κ3) is 6.89. The average molecular weight is 627 g/mol. The molecule has 5 rings (SSSR count). The quantitative estimate of drug-likeness (QED) is 0.222. The summed E-state index contributed by atoms with van der Waals surface area (Å²) in [6.07, 6.45) is -4.74. The standard InChI is InChI=1S/C31H33F3N6O3S/c1-20(2)23-10-4-5-11-24(23)25-19-28(37-30(36-25)38-44(41,42)22-9-6-8-21(35)18-22)43-27-13-7-12-26(29(27)31(32,33)34)40-16-14-39(3)15-17-40/h4-13,18-20H,14-17,35H2,1-3H3,(H,36,37,38). The second kappa shape index (κ2) is 12.3. The van der Waals surface area contributed by atoms with E-state index in [1.165, 1.54) is 42.5 Å². The molecule has 3 N–H and O–H groups in total. The molecule has 1 fully saturated rings. The predicted molar refractivity (Wildman–Crippen MR) is 164 cm³/mol. The molecule has 0 bridgehead atoms. The van der Waals surface area contributed by atoms with Gasteiger partial charge >= 0.3 is 6.18 Å². The van der Waals surface area contributed by atoms with Gasteiger partial charge < -0.3 is 20.3 Å². The zero-order valence-electron chi connectivity index (χ0n) is 24.5. The van der Waals surface area contributed by atoms with Gasteiger partial charge in [-0.05, 0) is 48.9 Å².